The minimum atomic E-state index is 0.0902. The Morgan fingerprint density at radius 1 is 1.22 bits per heavy atom. The third-order valence-electron chi connectivity index (χ3n) is 3.51. The maximum Gasteiger partial charge on any atom is 0.138 e. The lowest BCUT2D eigenvalue weighted by molar-refractivity contribution is -0.123. The molecule has 1 aliphatic rings. The molecule has 1 unspecified atom stereocenters. The summed E-state index contributed by atoms with van der Waals surface area (Å²) in [6.07, 6.45) is 1.40. The summed E-state index contributed by atoms with van der Waals surface area (Å²) in [5.41, 5.74) is 2.02. The second-order valence-electron chi connectivity index (χ2n) is 4.82. The molecule has 0 aliphatic carbocycles. The number of carbonyl (C=O) groups excluding carboxylic acids is 1. The van der Waals surface area contributed by atoms with Crippen molar-refractivity contribution in [3.8, 4) is 0 Å². The van der Waals surface area contributed by atoms with E-state index in [0.717, 1.165) is 36.1 Å². The second-order valence-corrected chi connectivity index (χ2v) is 4.82. The van der Waals surface area contributed by atoms with Crippen LogP contribution in [0.4, 0.5) is 0 Å². The van der Waals surface area contributed by atoms with E-state index >= 15 is 0 Å². The highest BCUT2D eigenvalue weighted by Gasteiger charge is 2.22. The first-order valence-electron chi connectivity index (χ1n) is 6.41. The Morgan fingerprint density at radius 3 is 3.00 bits per heavy atom. The van der Waals surface area contributed by atoms with Gasteiger partial charge in [0.2, 0.25) is 0 Å². The number of nitrogens with zero attached hydrogens (tertiary/aromatic N) is 1. The van der Waals surface area contributed by atoms with E-state index in [1.165, 1.54) is 0 Å². The van der Waals surface area contributed by atoms with Crippen LogP contribution in [0.15, 0.2) is 36.4 Å². The van der Waals surface area contributed by atoms with E-state index in [9.17, 15) is 4.79 Å². The van der Waals surface area contributed by atoms with Crippen LogP contribution in [0.5, 0.6) is 0 Å². The molecule has 1 aromatic carbocycles. The number of benzene rings is 1. The first-order chi connectivity index (χ1) is 8.83. The predicted molar refractivity (Wildman–Crippen MR) is 71.4 cm³/mol. The molecule has 1 atom stereocenters. The lowest BCUT2D eigenvalue weighted by atomic mass is 9.93. The van der Waals surface area contributed by atoms with Crippen LogP contribution in [0.2, 0.25) is 0 Å². The van der Waals surface area contributed by atoms with Gasteiger partial charge >= 0.3 is 0 Å². The van der Waals surface area contributed by atoms with Crippen molar-refractivity contribution < 1.29 is 4.79 Å². The van der Waals surface area contributed by atoms with Crippen LogP contribution in [0, 0.1) is 5.92 Å². The third kappa shape index (κ3) is 2.27. The van der Waals surface area contributed by atoms with Crippen LogP contribution in [-0.2, 0) is 11.2 Å². The molecule has 3 nitrogen and oxygen atoms in total. The zero-order chi connectivity index (χ0) is 12.4. The minimum Gasteiger partial charge on any atom is -0.316 e. The highest BCUT2D eigenvalue weighted by atomic mass is 16.1. The van der Waals surface area contributed by atoms with Gasteiger partial charge in [0.25, 0.3) is 0 Å². The molecule has 3 heteroatoms. The Morgan fingerprint density at radius 2 is 2.11 bits per heavy atom. The normalized spacial score (nSPS) is 20.2. The molecule has 1 aliphatic heterocycles. The summed E-state index contributed by atoms with van der Waals surface area (Å²) in [5, 5.41) is 4.42. The van der Waals surface area contributed by atoms with Gasteiger partial charge < -0.3 is 5.32 Å². The van der Waals surface area contributed by atoms with E-state index in [4.69, 9.17) is 0 Å². The van der Waals surface area contributed by atoms with Gasteiger partial charge in [0.05, 0.1) is 5.52 Å². The fraction of sp³-hybridized carbons (Fsp3) is 0.333. The molecule has 0 radical (unpaired) electrons. The quantitative estimate of drug-likeness (QED) is 0.872. The summed E-state index contributed by atoms with van der Waals surface area (Å²) in [4.78, 5) is 16.4. The van der Waals surface area contributed by atoms with Crippen LogP contribution < -0.4 is 5.32 Å². The van der Waals surface area contributed by atoms with E-state index in [2.05, 4.69) is 22.4 Å². The third-order valence-corrected chi connectivity index (χ3v) is 3.51. The molecule has 2 aromatic rings. The zero-order valence-electron chi connectivity index (χ0n) is 10.2. The van der Waals surface area contributed by atoms with Crippen molar-refractivity contribution in [1.29, 1.82) is 0 Å². The fourth-order valence-electron chi connectivity index (χ4n) is 2.47. The van der Waals surface area contributed by atoms with Gasteiger partial charge in [-0.25, -0.2) is 0 Å². The minimum absolute atomic E-state index is 0.0902. The van der Waals surface area contributed by atoms with Crippen LogP contribution >= 0.6 is 0 Å². The number of fused-ring (bicyclic) bond motifs is 1. The Balaban J connectivity index is 1.83. The molecule has 2 heterocycles. The lowest BCUT2D eigenvalue weighted by Crippen LogP contribution is -2.38. The van der Waals surface area contributed by atoms with Crippen molar-refractivity contribution in [3.05, 3.63) is 42.1 Å². The molecule has 3 rings (SSSR count). The summed E-state index contributed by atoms with van der Waals surface area (Å²) >= 11 is 0. The van der Waals surface area contributed by atoms with E-state index in [1.54, 1.807) is 0 Å². The molecule has 0 amide bonds. The summed E-state index contributed by atoms with van der Waals surface area (Å²) in [7, 11) is 0. The van der Waals surface area contributed by atoms with Gasteiger partial charge in [-0.1, -0.05) is 24.3 Å². The van der Waals surface area contributed by atoms with Crippen molar-refractivity contribution in [2.24, 2.45) is 5.92 Å². The number of para-hydroxylation sites is 1. The Labute approximate surface area is 106 Å². The molecule has 1 aromatic heterocycles. The number of rotatable bonds is 2. The monoisotopic (exact) mass is 240 g/mol. The zero-order valence-corrected chi connectivity index (χ0v) is 10.2. The molecule has 0 bridgehead atoms. The highest BCUT2D eigenvalue weighted by Crippen LogP contribution is 2.16. The highest BCUT2D eigenvalue weighted by molar-refractivity contribution is 5.82. The predicted octanol–water partition coefficient (Wildman–Crippen LogP) is 1.96. The first kappa shape index (κ1) is 11.4. The van der Waals surface area contributed by atoms with Gasteiger partial charge in [-0.05, 0) is 12.1 Å². The molecule has 1 saturated heterocycles. The first-order valence-corrected chi connectivity index (χ1v) is 6.41. The molecule has 92 valence electrons. The standard InChI is InChI=1S/C15H16N2O/c18-15-7-8-16-10-12(15)9-13-6-5-11-3-1-2-4-14(11)17-13/h1-6,12,16H,7-10H2. The summed E-state index contributed by atoms with van der Waals surface area (Å²) in [6.45, 7) is 1.60. The summed E-state index contributed by atoms with van der Waals surface area (Å²) in [6, 6.07) is 12.2. The maximum atomic E-state index is 11.8. The number of piperidine rings is 1. The largest absolute Gasteiger partial charge is 0.316 e. The molecular formula is C15H16N2O. The number of Topliss-reactive ketones (excluding diaryl/α,β-unsaturated/α-hetero) is 1. The van der Waals surface area contributed by atoms with Crippen LogP contribution in [0.1, 0.15) is 12.1 Å². The van der Waals surface area contributed by atoms with Crippen molar-refractivity contribution in [3.63, 3.8) is 0 Å². The molecule has 0 spiro atoms. The lowest BCUT2D eigenvalue weighted by Gasteiger charge is -2.21. The second kappa shape index (κ2) is 4.86. The average Bonchev–Trinajstić information content (AvgIpc) is 2.41. The van der Waals surface area contributed by atoms with Gasteiger partial charge in [-0.3, -0.25) is 9.78 Å². The van der Waals surface area contributed by atoms with Gasteiger partial charge in [-0.2, -0.15) is 0 Å². The van der Waals surface area contributed by atoms with Gasteiger partial charge in [0.15, 0.2) is 0 Å². The number of hydrogen-bond donors (Lipinski definition) is 1. The average molecular weight is 240 g/mol. The van der Waals surface area contributed by atoms with E-state index < -0.39 is 0 Å². The van der Waals surface area contributed by atoms with Crippen molar-refractivity contribution in [2.45, 2.75) is 12.8 Å². The summed E-state index contributed by atoms with van der Waals surface area (Å²) in [5.74, 6) is 0.455. The number of ketones is 1. The van der Waals surface area contributed by atoms with E-state index in [1.807, 2.05) is 24.3 Å². The van der Waals surface area contributed by atoms with Crippen LogP contribution in [-0.4, -0.2) is 23.9 Å². The van der Waals surface area contributed by atoms with Crippen molar-refractivity contribution >= 4 is 16.7 Å². The molecule has 1 fully saturated rings. The van der Waals surface area contributed by atoms with E-state index in [0.29, 0.717) is 12.2 Å². The Hall–Kier alpha value is -1.74. The number of aromatic nitrogens is 1. The SMILES string of the molecule is O=C1CCNCC1Cc1ccc2ccccc2n1. The maximum absolute atomic E-state index is 11.8. The van der Waals surface area contributed by atoms with Gasteiger partial charge in [0, 0.05) is 42.9 Å². The topological polar surface area (TPSA) is 42.0 Å². The Bertz CT molecular complexity index is 579. The van der Waals surface area contributed by atoms with E-state index in [-0.39, 0.29) is 5.92 Å². The van der Waals surface area contributed by atoms with Crippen LogP contribution in [0.3, 0.4) is 0 Å². The summed E-state index contributed by atoms with van der Waals surface area (Å²) < 4.78 is 0. The van der Waals surface area contributed by atoms with Gasteiger partial charge in [0.1, 0.15) is 5.78 Å². The molecular weight excluding hydrogens is 224 g/mol. The number of carbonyl (C=O) groups is 1. The van der Waals surface area contributed by atoms with Crippen LogP contribution in [0.25, 0.3) is 10.9 Å². The fourth-order valence-corrected chi connectivity index (χ4v) is 2.47. The van der Waals surface area contributed by atoms with Crippen molar-refractivity contribution in [2.75, 3.05) is 13.1 Å². The molecule has 0 saturated carbocycles. The molecule has 1 N–H and O–H groups in total. The smallest absolute Gasteiger partial charge is 0.138 e. The van der Waals surface area contributed by atoms with Crippen molar-refractivity contribution in [1.82, 2.24) is 10.3 Å². The number of nitrogens with one attached hydrogen (secondary N) is 1. The molecule has 18 heavy (non-hydrogen) atoms. The van der Waals surface area contributed by atoms with Gasteiger partial charge in [-0.15, -0.1) is 0 Å². The Kier molecular flexibility index (Phi) is 3.07. The number of pyridine rings is 1. The number of hydrogen-bond acceptors (Lipinski definition) is 3.